The molecule has 6 nitrogen and oxygen atoms in total. The van der Waals surface area contributed by atoms with Crippen LogP contribution in [0.2, 0.25) is 0 Å². The smallest absolute Gasteiger partial charge is 0.249 e. The van der Waals surface area contributed by atoms with Gasteiger partial charge < -0.3 is 9.32 Å². The molecule has 0 aliphatic carbocycles. The number of pyridine rings is 1. The van der Waals surface area contributed by atoms with Crippen molar-refractivity contribution in [1.29, 1.82) is 0 Å². The summed E-state index contributed by atoms with van der Waals surface area (Å²) in [5.41, 5.74) is 2.17. The Kier molecular flexibility index (Phi) is 5.75. The lowest BCUT2D eigenvalue weighted by Gasteiger charge is -2.32. The fraction of sp³-hybridized carbons (Fsp3) is 0.364. The van der Waals surface area contributed by atoms with Gasteiger partial charge in [0.25, 0.3) is 0 Å². The molecule has 0 N–H and O–H groups in total. The van der Waals surface area contributed by atoms with E-state index in [0.717, 1.165) is 37.9 Å². The summed E-state index contributed by atoms with van der Waals surface area (Å²) in [7, 11) is 0. The summed E-state index contributed by atoms with van der Waals surface area (Å²) in [4.78, 5) is 18.6. The molecule has 0 unspecified atom stereocenters. The molecule has 144 valence electrons. The van der Waals surface area contributed by atoms with Crippen molar-refractivity contribution < 1.29 is 9.21 Å². The number of rotatable bonds is 6. The van der Waals surface area contributed by atoms with E-state index in [1.54, 1.807) is 12.4 Å². The van der Waals surface area contributed by atoms with Gasteiger partial charge in [0.15, 0.2) is 0 Å². The number of aryl methyl sites for hydroxylation is 1. The molecular formula is C22H24N4O2. The highest BCUT2D eigenvalue weighted by atomic mass is 16.4. The number of carbonyl (C=O) groups excluding carboxylic acids is 1. The Hall–Kier alpha value is -3.02. The summed E-state index contributed by atoms with van der Waals surface area (Å²) in [6.45, 7) is 1.67. The molecule has 1 aromatic carbocycles. The summed E-state index contributed by atoms with van der Waals surface area (Å²) in [6, 6.07) is 14.3. The van der Waals surface area contributed by atoms with E-state index in [1.165, 1.54) is 5.56 Å². The molecule has 0 radical (unpaired) electrons. The van der Waals surface area contributed by atoms with Gasteiger partial charge in [0.05, 0.1) is 5.56 Å². The molecule has 3 aromatic rings. The molecular weight excluding hydrogens is 352 g/mol. The van der Waals surface area contributed by atoms with Crippen LogP contribution in [0.25, 0.3) is 11.5 Å². The predicted octanol–water partition coefficient (Wildman–Crippen LogP) is 3.55. The number of nitrogens with zero attached hydrogens (tertiary/aromatic N) is 4. The maximum absolute atomic E-state index is 12.5. The van der Waals surface area contributed by atoms with E-state index in [4.69, 9.17) is 4.42 Å². The zero-order valence-corrected chi connectivity index (χ0v) is 15.8. The van der Waals surface area contributed by atoms with Gasteiger partial charge in [0.1, 0.15) is 0 Å². The third kappa shape index (κ3) is 4.63. The third-order valence-corrected chi connectivity index (χ3v) is 5.26. The Labute approximate surface area is 164 Å². The SMILES string of the molecule is O=C(CCc1nnc(-c2cccnc2)o1)N1CCC(Cc2ccccc2)CC1. The lowest BCUT2D eigenvalue weighted by molar-refractivity contribution is -0.132. The molecule has 1 aliphatic heterocycles. The molecule has 0 bridgehead atoms. The van der Waals surface area contributed by atoms with Crippen LogP contribution >= 0.6 is 0 Å². The van der Waals surface area contributed by atoms with Crippen LogP contribution < -0.4 is 0 Å². The lowest BCUT2D eigenvalue weighted by Crippen LogP contribution is -2.39. The van der Waals surface area contributed by atoms with Crippen LogP contribution in [0.5, 0.6) is 0 Å². The van der Waals surface area contributed by atoms with Gasteiger partial charge in [-0.1, -0.05) is 30.3 Å². The number of carbonyl (C=O) groups is 1. The van der Waals surface area contributed by atoms with Crippen LogP contribution in [0.1, 0.15) is 30.7 Å². The minimum atomic E-state index is 0.166. The molecule has 0 spiro atoms. The minimum absolute atomic E-state index is 0.166. The quantitative estimate of drug-likeness (QED) is 0.658. The molecule has 1 fully saturated rings. The van der Waals surface area contributed by atoms with Crippen LogP contribution in [-0.2, 0) is 17.6 Å². The predicted molar refractivity (Wildman–Crippen MR) is 105 cm³/mol. The highest BCUT2D eigenvalue weighted by Crippen LogP contribution is 2.22. The number of piperidine rings is 1. The zero-order chi connectivity index (χ0) is 19.2. The summed E-state index contributed by atoms with van der Waals surface area (Å²) in [6.07, 6.45) is 7.47. The Morgan fingerprint density at radius 1 is 1.07 bits per heavy atom. The number of hydrogen-bond donors (Lipinski definition) is 0. The number of hydrogen-bond acceptors (Lipinski definition) is 5. The monoisotopic (exact) mass is 376 g/mol. The Morgan fingerprint density at radius 3 is 2.64 bits per heavy atom. The molecule has 28 heavy (non-hydrogen) atoms. The number of aromatic nitrogens is 3. The van der Waals surface area contributed by atoms with Crippen molar-refractivity contribution in [3.63, 3.8) is 0 Å². The number of likely N-dealkylation sites (tertiary alicyclic amines) is 1. The third-order valence-electron chi connectivity index (χ3n) is 5.26. The standard InChI is InChI=1S/C22H24N4O2/c27-21(9-8-20-24-25-22(28-20)19-7-4-12-23-16-19)26-13-10-18(11-14-26)15-17-5-2-1-3-6-17/h1-7,12,16,18H,8-11,13-15H2. The van der Waals surface area contributed by atoms with Crippen molar-refractivity contribution in [2.75, 3.05) is 13.1 Å². The van der Waals surface area contributed by atoms with E-state index in [9.17, 15) is 4.79 Å². The maximum Gasteiger partial charge on any atom is 0.249 e. The first kappa shape index (κ1) is 18.3. The van der Waals surface area contributed by atoms with E-state index in [2.05, 4.69) is 39.4 Å². The number of amides is 1. The number of benzene rings is 1. The fourth-order valence-electron chi connectivity index (χ4n) is 3.67. The second kappa shape index (κ2) is 8.78. The van der Waals surface area contributed by atoms with Crippen molar-refractivity contribution in [3.8, 4) is 11.5 Å². The van der Waals surface area contributed by atoms with Gasteiger partial charge in [-0.05, 0) is 42.9 Å². The van der Waals surface area contributed by atoms with Crippen molar-refractivity contribution in [1.82, 2.24) is 20.1 Å². The summed E-state index contributed by atoms with van der Waals surface area (Å²) < 4.78 is 5.66. The first-order chi connectivity index (χ1) is 13.8. The summed E-state index contributed by atoms with van der Waals surface area (Å²) >= 11 is 0. The minimum Gasteiger partial charge on any atom is -0.421 e. The van der Waals surface area contributed by atoms with Crippen LogP contribution in [0.3, 0.4) is 0 Å². The van der Waals surface area contributed by atoms with Crippen LogP contribution in [0, 0.1) is 5.92 Å². The normalized spacial score (nSPS) is 14.9. The second-order valence-corrected chi connectivity index (χ2v) is 7.26. The molecule has 4 rings (SSSR count). The van der Waals surface area contributed by atoms with Crippen molar-refractivity contribution >= 4 is 5.91 Å². The van der Waals surface area contributed by atoms with E-state index in [1.807, 2.05) is 23.1 Å². The van der Waals surface area contributed by atoms with E-state index >= 15 is 0 Å². The molecule has 2 aromatic heterocycles. The van der Waals surface area contributed by atoms with Gasteiger partial charge in [-0.3, -0.25) is 9.78 Å². The van der Waals surface area contributed by atoms with Gasteiger partial charge in [-0.25, -0.2) is 0 Å². The molecule has 3 heterocycles. The highest BCUT2D eigenvalue weighted by Gasteiger charge is 2.23. The highest BCUT2D eigenvalue weighted by molar-refractivity contribution is 5.76. The van der Waals surface area contributed by atoms with E-state index in [-0.39, 0.29) is 5.91 Å². The van der Waals surface area contributed by atoms with Gasteiger partial charge >= 0.3 is 0 Å². The molecule has 1 aliphatic rings. The molecule has 1 amide bonds. The van der Waals surface area contributed by atoms with Gasteiger partial charge in [-0.2, -0.15) is 0 Å². The summed E-state index contributed by atoms with van der Waals surface area (Å²) in [5.74, 6) is 1.76. The summed E-state index contributed by atoms with van der Waals surface area (Å²) in [5, 5.41) is 8.10. The maximum atomic E-state index is 12.5. The van der Waals surface area contributed by atoms with Gasteiger partial charge in [0, 0.05) is 38.3 Å². The zero-order valence-electron chi connectivity index (χ0n) is 15.8. The lowest BCUT2D eigenvalue weighted by atomic mass is 9.90. The molecule has 0 saturated carbocycles. The average molecular weight is 376 g/mol. The topological polar surface area (TPSA) is 72.1 Å². The fourth-order valence-corrected chi connectivity index (χ4v) is 3.67. The van der Waals surface area contributed by atoms with Crippen LogP contribution in [-0.4, -0.2) is 39.1 Å². The largest absolute Gasteiger partial charge is 0.421 e. The van der Waals surface area contributed by atoms with Crippen LogP contribution in [0.4, 0.5) is 0 Å². The van der Waals surface area contributed by atoms with Crippen molar-refractivity contribution in [2.45, 2.75) is 32.1 Å². The Balaban J connectivity index is 1.23. The van der Waals surface area contributed by atoms with E-state index in [0.29, 0.717) is 30.5 Å². The Bertz CT molecular complexity index is 887. The second-order valence-electron chi connectivity index (χ2n) is 7.26. The first-order valence-electron chi connectivity index (χ1n) is 9.82. The molecule has 6 heteroatoms. The van der Waals surface area contributed by atoms with Crippen LogP contribution in [0.15, 0.2) is 59.3 Å². The van der Waals surface area contributed by atoms with E-state index < -0.39 is 0 Å². The van der Waals surface area contributed by atoms with Crippen molar-refractivity contribution in [3.05, 3.63) is 66.3 Å². The van der Waals surface area contributed by atoms with Gasteiger partial charge in [0.2, 0.25) is 17.7 Å². The molecule has 0 atom stereocenters. The first-order valence-corrected chi connectivity index (χ1v) is 9.82. The average Bonchev–Trinajstić information content (AvgIpc) is 3.23. The Morgan fingerprint density at radius 2 is 1.89 bits per heavy atom. The van der Waals surface area contributed by atoms with Crippen molar-refractivity contribution in [2.24, 2.45) is 5.92 Å². The molecule has 1 saturated heterocycles. The van der Waals surface area contributed by atoms with Gasteiger partial charge in [-0.15, -0.1) is 10.2 Å².